The van der Waals surface area contributed by atoms with Crippen molar-refractivity contribution in [2.24, 2.45) is 0 Å². The summed E-state index contributed by atoms with van der Waals surface area (Å²) in [7, 11) is 0. The third kappa shape index (κ3) is 3.82. The lowest BCUT2D eigenvalue weighted by Crippen LogP contribution is -2.05. The number of halogens is 2. The van der Waals surface area contributed by atoms with Crippen molar-refractivity contribution in [3.8, 4) is 0 Å². The maximum Gasteiger partial charge on any atom is 0.222 e. The zero-order valence-electron chi connectivity index (χ0n) is 10.6. The Hall–Kier alpha value is -1.31. The van der Waals surface area contributed by atoms with Gasteiger partial charge < -0.3 is 0 Å². The van der Waals surface area contributed by atoms with Crippen LogP contribution in [0.4, 0.5) is 0 Å². The Labute approximate surface area is 123 Å². The van der Waals surface area contributed by atoms with Crippen LogP contribution in [0.1, 0.15) is 29.0 Å². The zero-order chi connectivity index (χ0) is 13.8. The Balaban J connectivity index is 2.40. The van der Waals surface area contributed by atoms with Gasteiger partial charge in [-0.25, -0.2) is 0 Å². The molecule has 0 bridgehead atoms. The highest BCUT2D eigenvalue weighted by atomic mass is 35.5. The number of hydrogen-bond donors (Lipinski definition) is 0. The Morgan fingerprint density at radius 1 is 1.11 bits per heavy atom. The normalized spacial score (nSPS) is 12.2. The van der Waals surface area contributed by atoms with Gasteiger partial charge in [0.05, 0.1) is 0 Å². The summed E-state index contributed by atoms with van der Waals surface area (Å²) in [5.41, 5.74) is 3.30. The van der Waals surface area contributed by atoms with Gasteiger partial charge in [0, 0.05) is 17.4 Å². The molecule has 0 radical (unpaired) electrons. The largest absolute Gasteiger partial charge is 0.281 e. The molecule has 2 rings (SSSR count). The predicted molar refractivity (Wildman–Crippen MR) is 80.0 cm³/mol. The van der Waals surface area contributed by atoms with E-state index in [1.807, 2.05) is 49.4 Å². The SMILES string of the molecule is Cc1cccc(C(CC(=O)Cl)c2ccc(Cl)cc2)c1. The van der Waals surface area contributed by atoms with Crippen molar-refractivity contribution < 1.29 is 4.79 Å². The average molecular weight is 293 g/mol. The number of benzene rings is 2. The van der Waals surface area contributed by atoms with Crippen LogP contribution in [0, 0.1) is 6.92 Å². The molecule has 0 heterocycles. The Morgan fingerprint density at radius 2 is 1.79 bits per heavy atom. The van der Waals surface area contributed by atoms with Crippen LogP contribution in [-0.2, 0) is 4.79 Å². The van der Waals surface area contributed by atoms with Gasteiger partial charge in [-0.2, -0.15) is 0 Å². The Bertz CT molecular complexity index is 576. The number of aryl methyl sites for hydroxylation is 1. The summed E-state index contributed by atoms with van der Waals surface area (Å²) < 4.78 is 0. The molecule has 1 unspecified atom stereocenters. The minimum absolute atomic E-state index is 0.0258. The van der Waals surface area contributed by atoms with Crippen LogP contribution in [0.2, 0.25) is 5.02 Å². The van der Waals surface area contributed by atoms with E-state index in [9.17, 15) is 4.79 Å². The van der Waals surface area contributed by atoms with E-state index in [2.05, 4.69) is 6.07 Å². The summed E-state index contributed by atoms with van der Waals surface area (Å²) in [4.78, 5) is 11.3. The van der Waals surface area contributed by atoms with Crippen molar-refractivity contribution in [1.82, 2.24) is 0 Å². The minimum atomic E-state index is -0.332. The second-order valence-corrected chi connectivity index (χ2v) is 5.44. The molecule has 0 fully saturated rings. The van der Waals surface area contributed by atoms with Crippen molar-refractivity contribution in [1.29, 1.82) is 0 Å². The zero-order valence-corrected chi connectivity index (χ0v) is 12.1. The summed E-state index contributed by atoms with van der Waals surface area (Å²) in [5, 5.41) is 0.352. The van der Waals surface area contributed by atoms with E-state index in [0.717, 1.165) is 11.1 Å². The first-order valence-electron chi connectivity index (χ1n) is 6.06. The fourth-order valence-electron chi connectivity index (χ4n) is 2.17. The number of hydrogen-bond acceptors (Lipinski definition) is 1. The Kier molecular flexibility index (Phi) is 4.62. The molecule has 2 aromatic rings. The van der Waals surface area contributed by atoms with Gasteiger partial charge in [-0.05, 0) is 41.8 Å². The molecular weight excluding hydrogens is 279 g/mol. The lowest BCUT2D eigenvalue weighted by molar-refractivity contribution is -0.111. The molecule has 2 aromatic carbocycles. The van der Waals surface area contributed by atoms with E-state index in [1.165, 1.54) is 5.56 Å². The topological polar surface area (TPSA) is 17.1 Å². The van der Waals surface area contributed by atoms with Crippen LogP contribution < -0.4 is 0 Å². The maximum atomic E-state index is 11.3. The fraction of sp³-hybridized carbons (Fsp3) is 0.188. The van der Waals surface area contributed by atoms with E-state index in [0.29, 0.717) is 5.02 Å². The molecule has 1 atom stereocenters. The second kappa shape index (κ2) is 6.23. The van der Waals surface area contributed by atoms with Crippen LogP contribution >= 0.6 is 23.2 Å². The molecule has 0 aliphatic heterocycles. The molecule has 0 aromatic heterocycles. The molecule has 0 amide bonds. The molecule has 0 saturated carbocycles. The second-order valence-electron chi connectivity index (χ2n) is 4.58. The first kappa shape index (κ1) is 14.1. The first-order chi connectivity index (χ1) is 9.06. The van der Waals surface area contributed by atoms with Gasteiger partial charge in [0.1, 0.15) is 0 Å². The van der Waals surface area contributed by atoms with E-state index in [1.54, 1.807) is 0 Å². The van der Waals surface area contributed by atoms with Crippen LogP contribution in [0.15, 0.2) is 48.5 Å². The predicted octanol–water partition coefficient (Wildman–Crippen LogP) is 4.94. The van der Waals surface area contributed by atoms with Crippen molar-refractivity contribution in [2.45, 2.75) is 19.3 Å². The number of rotatable bonds is 4. The number of carbonyl (C=O) groups is 1. The lowest BCUT2D eigenvalue weighted by Gasteiger charge is -2.16. The smallest absolute Gasteiger partial charge is 0.222 e. The maximum absolute atomic E-state index is 11.3. The van der Waals surface area contributed by atoms with Gasteiger partial charge in [0.15, 0.2) is 0 Å². The minimum Gasteiger partial charge on any atom is -0.281 e. The highest BCUT2D eigenvalue weighted by molar-refractivity contribution is 6.63. The molecular formula is C16H14Cl2O. The molecule has 1 nitrogen and oxygen atoms in total. The third-order valence-electron chi connectivity index (χ3n) is 3.08. The average Bonchev–Trinajstić information content (AvgIpc) is 2.37. The van der Waals surface area contributed by atoms with Crippen LogP contribution in [-0.4, -0.2) is 5.24 Å². The fourth-order valence-corrected chi connectivity index (χ4v) is 2.45. The van der Waals surface area contributed by atoms with Crippen molar-refractivity contribution >= 4 is 28.4 Å². The molecule has 0 N–H and O–H groups in total. The monoisotopic (exact) mass is 292 g/mol. The highest BCUT2D eigenvalue weighted by Crippen LogP contribution is 2.30. The lowest BCUT2D eigenvalue weighted by atomic mass is 9.88. The van der Waals surface area contributed by atoms with Crippen LogP contribution in [0.3, 0.4) is 0 Å². The molecule has 19 heavy (non-hydrogen) atoms. The first-order valence-corrected chi connectivity index (χ1v) is 6.82. The Morgan fingerprint density at radius 3 is 2.37 bits per heavy atom. The summed E-state index contributed by atoms with van der Waals surface area (Å²) in [6.45, 7) is 2.03. The van der Waals surface area contributed by atoms with Crippen molar-refractivity contribution in [3.63, 3.8) is 0 Å². The van der Waals surface area contributed by atoms with Gasteiger partial charge in [0.25, 0.3) is 0 Å². The molecule has 0 aliphatic rings. The summed E-state index contributed by atoms with van der Waals surface area (Å²) in [5.74, 6) is -0.0258. The summed E-state index contributed by atoms with van der Waals surface area (Å²) in [6.07, 6.45) is 0.284. The third-order valence-corrected chi connectivity index (χ3v) is 3.49. The number of carbonyl (C=O) groups excluding carboxylic acids is 1. The van der Waals surface area contributed by atoms with Crippen LogP contribution in [0.5, 0.6) is 0 Å². The van der Waals surface area contributed by atoms with E-state index >= 15 is 0 Å². The highest BCUT2D eigenvalue weighted by Gasteiger charge is 2.17. The summed E-state index contributed by atoms with van der Waals surface area (Å²) in [6, 6.07) is 15.7. The molecule has 98 valence electrons. The van der Waals surface area contributed by atoms with E-state index < -0.39 is 0 Å². The van der Waals surface area contributed by atoms with Gasteiger partial charge in [0.2, 0.25) is 5.24 Å². The quantitative estimate of drug-likeness (QED) is 0.730. The van der Waals surface area contributed by atoms with Gasteiger partial charge in [-0.15, -0.1) is 0 Å². The van der Waals surface area contributed by atoms with Crippen molar-refractivity contribution in [3.05, 3.63) is 70.2 Å². The summed E-state index contributed by atoms with van der Waals surface area (Å²) >= 11 is 11.5. The van der Waals surface area contributed by atoms with Gasteiger partial charge in [-0.3, -0.25) is 4.79 Å². The van der Waals surface area contributed by atoms with E-state index in [4.69, 9.17) is 23.2 Å². The molecule has 0 spiro atoms. The molecule has 3 heteroatoms. The van der Waals surface area contributed by atoms with Gasteiger partial charge >= 0.3 is 0 Å². The standard InChI is InChI=1S/C16H14Cl2O/c1-11-3-2-4-13(9-11)15(10-16(18)19)12-5-7-14(17)8-6-12/h2-9,15H,10H2,1H3. The van der Waals surface area contributed by atoms with Gasteiger partial charge in [-0.1, -0.05) is 53.6 Å². The van der Waals surface area contributed by atoms with E-state index in [-0.39, 0.29) is 17.6 Å². The van der Waals surface area contributed by atoms with Crippen molar-refractivity contribution in [2.75, 3.05) is 0 Å². The molecule has 0 saturated heterocycles. The molecule has 0 aliphatic carbocycles. The van der Waals surface area contributed by atoms with Crippen LogP contribution in [0.25, 0.3) is 0 Å².